The molecule has 19 heavy (non-hydrogen) atoms. The molecule has 2 aliphatic heterocycles. The molecule has 2 atom stereocenters. The van der Waals surface area contributed by atoms with E-state index in [1.807, 2.05) is 0 Å². The van der Waals surface area contributed by atoms with E-state index in [-0.39, 0.29) is 11.4 Å². The number of hydrogen-bond acceptors (Lipinski definition) is 3. The Morgan fingerprint density at radius 1 is 1.21 bits per heavy atom. The molecule has 1 saturated carbocycles. The Bertz CT molecular complexity index is 326. The smallest absolute Gasteiger partial charge is 0.220 e. The van der Waals surface area contributed by atoms with Gasteiger partial charge in [-0.3, -0.25) is 4.79 Å². The molecule has 4 nitrogen and oxygen atoms in total. The minimum absolute atomic E-state index is 0.0804. The van der Waals surface area contributed by atoms with Crippen molar-refractivity contribution in [2.45, 2.75) is 75.4 Å². The van der Waals surface area contributed by atoms with Crippen LogP contribution in [0.1, 0.15) is 57.8 Å². The van der Waals surface area contributed by atoms with Crippen molar-refractivity contribution in [1.29, 1.82) is 0 Å². The molecule has 3 fully saturated rings. The molecule has 2 saturated heterocycles. The molecule has 1 amide bonds. The summed E-state index contributed by atoms with van der Waals surface area (Å²) in [5.74, 6) is 0.814. The van der Waals surface area contributed by atoms with Crippen molar-refractivity contribution < 1.29 is 4.79 Å². The molecule has 3 aliphatic rings. The van der Waals surface area contributed by atoms with Crippen molar-refractivity contribution in [2.75, 3.05) is 6.54 Å². The molecule has 4 N–H and O–H groups in total. The highest BCUT2D eigenvalue weighted by molar-refractivity contribution is 5.77. The fraction of sp³-hybridized carbons (Fsp3) is 0.933. The van der Waals surface area contributed by atoms with Crippen LogP contribution in [0, 0.1) is 5.92 Å². The van der Waals surface area contributed by atoms with Crippen molar-refractivity contribution >= 4 is 5.91 Å². The van der Waals surface area contributed by atoms with Gasteiger partial charge in [-0.2, -0.15) is 0 Å². The van der Waals surface area contributed by atoms with Crippen LogP contribution in [0.2, 0.25) is 0 Å². The summed E-state index contributed by atoms with van der Waals surface area (Å²) in [5.41, 5.74) is 5.80. The van der Waals surface area contributed by atoms with Crippen LogP contribution in [-0.4, -0.2) is 30.1 Å². The van der Waals surface area contributed by atoms with Crippen LogP contribution in [0.15, 0.2) is 0 Å². The molecule has 0 spiro atoms. The highest BCUT2D eigenvalue weighted by atomic mass is 16.1. The quantitative estimate of drug-likeness (QED) is 0.717. The zero-order valence-corrected chi connectivity index (χ0v) is 11.8. The summed E-state index contributed by atoms with van der Waals surface area (Å²) >= 11 is 0. The molecule has 0 aromatic heterocycles. The lowest BCUT2D eigenvalue weighted by molar-refractivity contribution is -0.124. The highest BCUT2D eigenvalue weighted by Crippen LogP contribution is 2.33. The van der Waals surface area contributed by atoms with Crippen LogP contribution in [0.5, 0.6) is 0 Å². The van der Waals surface area contributed by atoms with E-state index in [9.17, 15) is 4.79 Å². The molecule has 0 radical (unpaired) electrons. The predicted octanol–water partition coefficient (Wildman–Crippen LogP) is 1.29. The molecule has 108 valence electrons. The predicted molar refractivity (Wildman–Crippen MR) is 75.7 cm³/mol. The Morgan fingerprint density at radius 2 is 1.84 bits per heavy atom. The summed E-state index contributed by atoms with van der Waals surface area (Å²) in [5, 5.41) is 6.89. The molecule has 3 rings (SSSR count). The Kier molecular flexibility index (Phi) is 3.81. The maximum atomic E-state index is 12.3. The van der Waals surface area contributed by atoms with E-state index in [0.29, 0.717) is 31.0 Å². The van der Waals surface area contributed by atoms with Gasteiger partial charge in [-0.1, -0.05) is 12.8 Å². The van der Waals surface area contributed by atoms with Crippen LogP contribution in [0.25, 0.3) is 0 Å². The van der Waals surface area contributed by atoms with Crippen LogP contribution >= 0.6 is 0 Å². The van der Waals surface area contributed by atoms with Crippen molar-refractivity contribution in [1.82, 2.24) is 10.6 Å². The normalized spacial score (nSPS) is 36.4. The first-order valence-corrected chi connectivity index (χ1v) is 7.96. The summed E-state index contributed by atoms with van der Waals surface area (Å²) in [6, 6.07) is 1.35. The van der Waals surface area contributed by atoms with Crippen LogP contribution in [0.3, 0.4) is 0 Å². The summed E-state index contributed by atoms with van der Waals surface area (Å²) in [4.78, 5) is 12.3. The molecular weight excluding hydrogens is 238 g/mol. The molecule has 2 heterocycles. The van der Waals surface area contributed by atoms with Gasteiger partial charge in [-0.25, -0.2) is 0 Å². The van der Waals surface area contributed by atoms with Crippen molar-refractivity contribution in [2.24, 2.45) is 11.7 Å². The number of piperidine rings is 1. The van der Waals surface area contributed by atoms with E-state index >= 15 is 0 Å². The number of fused-ring (bicyclic) bond motifs is 2. The Balaban J connectivity index is 1.51. The summed E-state index contributed by atoms with van der Waals surface area (Å²) in [6.45, 7) is 0.593. The van der Waals surface area contributed by atoms with Gasteiger partial charge in [0.15, 0.2) is 0 Å². The third-order valence-electron chi connectivity index (χ3n) is 5.40. The summed E-state index contributed by atoms with van der Waals surface area (Å²) < 4.78 is 0. The molecular formula is C15H27N3O. The second-order valence-corrected chi connectivity index (χ2v) is 6.92. The zero-order chi connectivity index (χ0) is 13.3. The third-order valence-corrected chi connectivity index (χ3v) is 5.40. The SMILES string of the molecule is NCC1(NC(=O)CC2CC3CCC(C2)N3)CCCC1. The number of rotatable bonds is 4. The van der Waals surface area contributed by atoms with Gasteiger partial charge in [0, 0.05) is 25.0 Å². The Labute approximate surface area is 115 Å². The van der Waals surface area contributed by atoms with Crippen molar-refractivity contribution in [3.05, 3.63) is 0 Å². The van der Waals surface area contributed by atoms with Crippen molar-refractivity contribution in [3.8, 4) is 0 Å². The van der Waals surface area contributed by atoms with Gasteiger partial charge < -0.3 is 16.4 Å². The Hall–Kier alpha value is -0.610. The molecule has 1 aliphatic carbocycles. The van der Waals surface area contributed by atoms with Crippen LogP contribution < -0.4 is 16.4 Å². The fourth-order valence-corrected chi connectivity index (χ4v) is 4.38. The minimum atomic E-state index is -0.0804. The minimum Gasteiger partial charge on any atom is -0.349 e. The molecule has 2 bridgehead atoms. The monoisotopic (exact) mass is 265 g/mol. The van der Waals surface area contributed by atoms with Gasteiger partial charge >= 0.3 is 0 Å². The maximum absolute atomic E-state index is 12.3. The lowest BCUT2D eigenvalue weighted by atomic mass is 9.88. The topological polar surface area (TPSA) is 67.1 Å². The number of nitrogens with one attached hydrogen (secondary N) is 2. The largest absolute Gasteiger partial charge is 0.349 e. The summed E-state index contributed by atoms with van der Waals surface area (Å²) in [6.07, 6.45) is 10.2. The van der Waals surface area contributed by atoms with Gasteiger partial charge in [-0.05, 0) is 44.4 Å². The Morgan fingerprint density at radius 3 is 2.42 bits per heavy atom. The van der Waals surface area contributed by atoms with E-state index in [0.717, 1.165) is 12.8 Å². The highest BCUT2D eigenvalue weighted by Gasteiger charge is 2.37. The zero-order valence-electron chi connectivity index (χ0n) is 11.8. The number of nitrogens with two attached hydrogens (primary N) is 1. The van der Waals surface area contributed by atoms with Crippen LogP contribution in [-0.2, 0) is 4.79 Å². The molecule has 0 aromatic rings. The lowest BCUT2D eigenvalue weighted by Crippen LogP contribution is -2.52. The number of carbonyl (C=O) groups excluding carboxylic acids is 1. The lowest BCUT2D eigenvalue weighted by Gasteiger charge is -2.32. The second kappa shape index (κ2) is 5.41. The van der Waals surface area contributed by atoms with Gasteiger partial charge in [0.2, 0.25) is 5.91 Å². The average molecular weight is 265 g/mol. The second-order valence-electron chi connectivity index (χ2n) is 6.92. The van der Waals surface area contributed by atoms with Crippen molar-refractivity contribution in [3.63, 3.8) is 0 Å². The number of amides is 1. The number of carbonyl (C=O) groups is 1. The fourth-order valence-electron chi connectivity index (χ4n) is 4.38. The molecule has 4 heteroatoms. The van der Waals surface area contributed by atoms with E-state index in [4.69, 9.17) is 5.73 Å². The van der Waals surface area contributed by atoms with E-state index in [1.54, 1.807) is 0 Å². The van der Waals surface area contributed by atoms with Gasteiger partial charge in [0.1, 0.15) is 0 Å². The molecule has 2 unspecified atom stereocenters. The first-order valence-electron chi connectivity index (χ1n) is 7.96. The van der Waals surface area contributed by atoms with E-state index in [2.05, 4.69) is 10.6 Å². The first-order chi connectivity index (χ1) is 9.19. The van der Waals surface area contributed by atoms with Gasteiger partial charge in [-0.15, -0.1) is 0 Å². The van der Waals surface area contributed by atoms with Gasteiger partial charge in [0.25, 0.3) is 0 Å². The average Bonchev–Trinajstić information content (AvgIpc) is 2.97. The van der Waals surface area contributed by atoms with E-state index < -0.39 is 0 Å². The van der Waals surface area contributed by atoms with Crippen LogP contribution in [0.4, 0.5) is 0 Å². The molecule has 0 aromatic carbocycles. The standard InChI is InChI=1S/C15H27N3O/c16-10-15(5-1-2-6-15)18-14(19)9-11-7-12-3-4-13(8-11)17-12/h11-13,17H,1-10,16H2,(H,18,19). The van der Waals surface area contributed by atoms with E-state index in [1.165, 1.54) is 38.5 Å². The first kappa shape index (κ1) is 13.4. The number of hydrogen-bond donors (Lipinski definition) is 3. The van der Waals surface area contributed by atoms with Gasteiger partial charge in [0.05, 0.1) is 5.54 Å². The third kappa shape index (κ3) is 2.95. The summed E-state index contributed by atoms with van der Waals surface area (Å²) in [7, 11) is 0. The maximum Gasteiger partial charge on any atom is 0.220 e.